The largest absolute Gasteiger partial charge is 0.478 e. The molecule has 2 aromatic rings. The van der Waals surface area contributed by atoms with Gasteiger partial charge in [-0.15, -0.1) is 0 Å². The van der Waals surface area contributed by atoms with E-state index in [1.165, 1.54) is 0 Å². The van der Waals surface area contributed by atoms with Gasteiger partial charge >= 0.3 is 5.97 Å². The van der Waals surface area contributed by atoms with Crippen LogP contribution in [0.5, 0.6) is 0 Å². The lowest BCUT2D eigenvalue weighted by atomic mass is 9.75. The van der Waals surface area contributed by atoms with E-state index in [0.29, 0.717) is 12.4 Å². The molecule has 116 valence electrons. The molecular weight excluding hydrogens is 280 g/mol. The van der Waals surface area contributed by atoms with E-state index < -0.39 is 5.97 Å². The minimum absolute atomic E-state index is 0.0221. The van der Waals surface area contributed by atoms with E-state index in [4.69, 9.17) is 4.42 Å². The summed E-state index contributed by atoms with van der Waals surface area (Å²) in [5.41, 5.74) is 2.26. The molecule has 0 saturated heterocycles. The van der Waals surface area contributed by atoms with Crippen LogP contribution in [0.25, 0.3) is 0 Å². The average Bonchev–Trinajstić information content (AvgIpc) is 2.97. The van der Waals surface area contributed by atoms with Gasteiger partial charge in [0.2, 0.25) is 0 Å². The number of aromatic nitrogens is 1. The zero-order chi connectivity index (χ0) is 15.7. The number of hydrogen-bond donors (Lipinski definition) is 2. The Labute approximate surface area is 129 Å². The molecule has 0 saturated carbocycles. The van der Waals surface area contributed by atoms with Crippen molar-refractivity contribution in [1.82, 2.24) is 4.98 Å². The number of rotatable bonds is 4. The molecule has 0 fully saturated rings. The number of nitrogens with zero attached hydrogens (tertiary/aromatic N) is 1. The number of carbonyl (C=O) groups is 1. The third-order valence-electron chi connectivity index (χ3n) is 4.23. The first-order valence-corrected chi connectivity index (χ1v) is 7.51. The predicted octanol–water partition coefficient (Wildman–Crippen LogP) is 3.60. The molecule has 0 atom stereocenters. The Hall–Kier alpha value is -2.30. The summed E-state index contributed by atoms with van der Waals surface area (Å²) in [6, 6.07) is 5.42. The molecule has 1 aliphatic rings. The molecule has 5 nitrogen and oxygen atoms in total. The van der Waals surface area contributed by atoms with Crippen LogP contribution in [0.15, 0.2) is 28.9 Å². The molecule has 22 heavy (non-hydrogen) atoms. The van der Waals surface area contributed by atoms with Crippen LogP contribution in [0.1, 0.15) is 54.1 Å². The van der Waals surface area contributed by atoms with Crippen LogP contribution >= 0.6 is 0 Å². The lowest BCUT2D eigenvalue weighted by Crippen LogP contribution is -2.27. The predicted molar refractivity (Wildman–Crippen MR) is 83.2 cm³/mol. The number of anilines is 1. The smallest absolute Gasteiger partial charge is 0.339 e. The molecule has 0 aromatic carbocycles. The first kappa shape index (κ1) is 14.6. The van der Waals surface area contributed by atoms with Crippen molar-refractivity contribution in [3.05, 3.63) is 47.0 Å². The van der Waals surface area contributed by atoms with Gasteiger partial charge in [0.15, 0.2) is 0 Å². The van der Waals surface area contributed by atoms with Crippen molar-refractivity contribution in [3.8, 4) is 0 Å². The fourth-order valence-corrected chi connectivity index (χ4v) is 3.05. The number of hydrogen-bond acceptors (Lipinski definition) is 4. The molecule has 0 amide bonds. The number of carboxylic acid groups (broad SMARTS) is 1. The van der Waals surface area contributed by atoms with Crippen molar-refractivity contribution >= 4 is 11.8 Å². The maximum atomic E-state index is 11.5. The molecule has 0 spiro atoms. The van der Waals surface area contributed by atoms with Crippen molar-refractivity contribution in [2.75, 3.05) is 5.32 Å². The third-order valence-corrected chi connectivity index (χ3v) is 4.23. The van der Waals surface area contributed by atoms with E-state index in [1.807, 2.05) is 6.07 Å². The van der Waals surface area contributed by atoms with Gasteiger partial charge in [0.05, 0.1) is 18.5 Å². The maximum Gasteiger partial charge on any atom is 0.339 e. The molecule has 2 N–H and O–H groups in total. The molecule has 1 aliphatic carbocycles. The van der Waals surface area contributed by atoms with Crippen molar-refractivity contribution in [3.63, 3.8) is 0 Å². The summed E-state index contributed by atoms with van der Waals surface area (Å²) in [7, 11) is 0. The highest BCUT2D eigenvalue weighted by atomic mass is 16.4. The normalized spacial score (nSPS) is 16.1. The van der Waals surface area contributed by atoms with Gasteiger partial charge in [0.1, 0.15) is 17.1 Å². The molecule has 0 unspecified atom stereocenters. The molecule has 3 rings (SSSR count). The summed E-state index contributed by atoms with van der Waals surface area (Å²) < 4.78 is 5.27. The van der Waals surface area contributed by atoms with Gasteiger partial charge in [0, 0.05) is 5.41 Å². The highest BCUT2D eigenvalue weighted by Gasteiger charge is 2.31. The Balaban J connectivity index is 1.98. The number of furan rings is 1. The first-order valence-electron chi connectivity index (χ1n) is 7.51. The topological polar surface area (TPSA) is 75.4 Å². The lowest BCUT2D eigenvalue weighted by molar-refractivity contribution is 0.0697. The monoisotopic (exact) mass is 300 g/mol. The quantitative estimate of drug-likeness (QED) is 0.902. The van der Waals surface area contributed by atoms with Gasteiger partial charge in [-0.05, 0) is 43.0 Å². The zero-order valence-electron chi connectivity index (χ0n) is 12.8. The molecule has 2 heterocycles. The summed E-state index contributed by atoms with van der Waals surface area (Å²) in [4.78, 5) is 16.2. The standard InChI is InChI=1S/C17H20N2O3/c1-17(2)7-3-5-11-9-13(16(20)21)15(19-14(11)17)18-10-12-6-4-8-22-12/h4,6,8-9H,3,5,7,10H2,1-2H3,(H,18,19)(H,20,21). The van der Waals surface area contributed by atoms with Gasteiger partial charge in [0.25, 0.3) is 0 Å². The van der Waals surface area contributed by atoms with Gasteiger partial charge in [-0.1, -0.05) is 13.8 Å². The van der Waals surface area contributed by atoms with E-state index in [2.05, 4.69) is 24.1 Å². The number of aromatic carboxylic acids is 1. The highest BCUT2D eigenvalue weighted by molar-refractivity contribution is 5.93. The Morgan fingerprint density at radius 2 is 2.32 bits per heavy atom. The summed E-state index contributed by atoms with van der Waals surface area (Å²) >= 11 is 0. The molecule has 5 heteroatoms. The summed E-state index contributed by atoms with van der Waals surface area (Å²) in [6.45, 7) is 4.74. The van der Waals surface area contributed by atoms with E-state index in [-0.39, 0.29) is 11.0 Å². The van der Waals surface area contributed by atoms with Crippen LogP contribution in [0, 0.1) is 0 Å². The van der Waals surface area contributed by atoms with E-state index >= 15 is 0 Å². The second-order valence-corrected chi connectivity index (χ2v) is 6.37. The fraction of sp³-hybridized carbons (Fsp3) is 0.412. The maximum absolute atomic E-state index is 11.5. The molecule has 0 aliphatic heterocycles. The number of pyridine rings is 1. The van der Waals surface area contributed by atoms with Crippen LogP contribution in [0.4, 0.5) is 5.82 Å². The summed E-state index contributed by atoms with van der Waals surface area (Å²) in [5.74, 6) is 0.202. The van der Waals surface area contributed by atoms with Gasteiger partial charge in [-0.2, -0.15) is 0 Å². The summed E-state index contributed by atoms with van der Waals surface area (Å²) in [5, 5.41) is 12.6. The highest BCUT2D eigenvalue weighted by Crippen LogP contribution is 2.37. The second-order valence-electron chi connectivity index (χ2n) is 6.37. The number of carboxylic acids is 1. The van der Waals surface area contributed by atoms with Crippen molar-refractivity contribution in [2.45, 2.75) is 45.1 Å². The molecule has 0 radical (unpaired) electrons. The Kier molecular flexibility index (Phi) is 3.64. The van der Waals surface area contributed by atoms with Crippen LogP contribution in [0.3, 0.4) is 0 Å². The lowest BCUT2D eigenvalue weighted by Gasteiger charge is -2.32. The Morgan fingerprint density at radius 3 is 3.00 bits per heavy atom. The van der Waals surface area contributed by atoms with Crippen molar-refractivity contribution in [1.29, 1.82) is 0 Å². The van der Waals surface area contributed by atoms with Crippen LogP contribution in [-0.2, 0) is 18.4 Å². The van der Waals surface area contributed by atoms with Crippen molar-refractivity contribution < 1.29 is 14.3 Å². The average molecular weight is 300 g/mol. The zero-order valence-corrected chi connectivity index (χ0v) is 12.8. The van der Waals surface area contributed by atoms with E-state index in [0.717, 1.165) is 36.3 Å². The van der Waals surface area contributed by atoms with Gasteiger partial charge < -0.3 is 14.8 Å². The Bertz CT molecular complexity index is 690. The first-order chi connectivity index (χ1) is 10.5. The van der Waals surface area contributed by atoms with Gasteiger partial charge in [-0.3, -0.25) is 0 Å². The Morgan fingerprint density at radius 1 is 1.50 bits per heavy atom. The fourth-order valence-electron chi connectivity index (χ4n) is 3.05. The third kappa shape index (κ3) is 2.71. The van der Waals surface area contributed by atoms with E-state index in [9.17, 15) is 9.90 Å². The SMILES string of the molecule is CC1(C)CCCc2cc(C(=O)O)c(NCc3ccco3)nc21. The van der Waals surface area contributed by atoms with Crippen LogP contribution < -0.4 is 5.32 Å². The second kappa shape index (κ2) is 5.48. The van der Waals surface area contributed by atoms with Crippen LogP contribution in [0.2, 0.25) is 0 Å². The van der Waals surface area contributed by atoms with E-state index in [1.54, 1.807) is 18.4 Å². The van der Waals surface area contributed by atoms with Crippen LogP contribution in [-0.4, -0.2) is 16.1 Å². The minimum atomic E-state index is -0.958. The van der Waals surface area contributed by atoms with Crippen molar-refractivity contribution in [2.24, 2.45) is 0 Å². The number of nitrogens with one attached hydrogen (secondary N) is 1. The molecule has 0 bridgehead atoms. The number of aryl methyl sites for hydroxylation is 1. The molecular formula is C17H20N2O3. The van der Waals surface area contributed by atoms with Gasteiger partial charge in [-0.25, -0.2) is 9.78 Å². The minimum Gasteiger partial charge on any atom is -0.478 e. The number of fused-ring (bicyclic) bond motifs is 1. The summed E-state index contributed by atoms with van der Waals surface area (Å²) in [6.07, 6.45) is 4.62. The molecule has 2 aromatic heterocycles.